The average Bonchev–Trinajstić information content (AvgIpc) is 2.70. The molecule has 0 aliphatic rings. The quantitative estimate of drug-likeness (QED) is 0.794. The SMILES string of the molecule is CCCc1nnnn1-c1cc(F)ccc1N. The Labute approximate surface area is 92.1 Å². The second-order valence-corrected chi connectivity index (χ2v) is 3.46. The van der Waals surface area contributed by atoms with Crippen molar-refractivity contribution >= 4 is 5.69 Å². The fourth-order valence-electron chi connectivity index (χ4n) is 1.47. The largest absolute Gasteiger partial charge is 0.397 e. The highest BCUT2D eigenvalue weighted by atomic mass is 19.1. The Morgan fingerprint density at radius 1 is 1.44 bits per heavy atom. The van der Waals surface area contributed by atoms with Gasteiger partial charge in [0.25, 0.3) is 0 Å². The summed E-state index contributed by atoms with van der Waals surface area (Å²) < 4.78 is 14.6. The Kier molecular flexibility index (Phi) is 2.80. The number of hydrogen-bond donors (Lipinski definition) is 1. The van der Waals surface area contributed by atoms with Crippen LogP contribution < -0.4 is 5.73 Å². The Bertz CT molecular complexity index is 494. The summed E-state index contributed by atoms with van der Waals surface area (Å²) in [6.07, 6.45) is 1.64. The van der Waals surface area contributed by atoms with Crippen LogP contribution in [0.25, 0.3) is 5.69 Å². The van der Waals surface area contributed by atoms with Crippen molar-refractivity contribution in [1.29, 1.82) is 0 Å². The third kappa shape index (κ3) is 1.86. The topological polar surface area (TPSA) is 69.6 Å². The Morgan fingerprint density at radius 2 is 2.25 bits per heavy atom. The number of halogens is 1. The second kappa shape index (κ2) is 4.26. The Hall–Kier alpha value is -1.98. The number of rotatable bonds is 3. The summed E-state index contributed by atoms with van der Waals surface area (Å²) in [5.41, 5.74) is 6.69. The molecule has 0 aliphatic carbocycles. The van der Waals surface area contributed by atoms with Crippen LogP contribution >= 0.6 is 0 Å². The van der Waals surface area contributed by atoms with Crippen LogP contribution in [0.2, 0.25) is 0 Å². The van der Waals surface area contributed by atoms with E-state index in [2.05, 4.69) is 15.5 Å². The zero-order valence-electron chi connectivity index (χ0n) is 8.89. The molecule has 1 heterocycles. The van der Waals surface area contributed by atoms with E-state index in [1.807, 2.05) is 6.92 Å². The van der Waals surface area contributed by atoms with Crippen LogP contribution in [0, 0.1) is 5.82 Å². The molecule has 0 atom stereocenters. The lowest BCUT2D eigenvalue weighted by Crippen LogP contribution is -2.06. The van der Waals surface area contributed by atoms with Gasteiger partial charge in [-0.2, -0.15) is 4.68 Å². The van der Waals surface area contributed by atoms with E-state index in [-0.39, 0.29) is 5.82 Å². The summed E-state index contributed by atoms with van der Waals surface area (Å²) in [5.74, 6) is 0.321. The van der Waals surface area contributed by atoms with Gasteiger partial charge >= 0.3 is 0 Å². The van der Waals surface area contributed by atoms with Gasteiger partial charge in [-0.15, -0.1) is 5.10 Å². The minimum Gasteiger partial charge on any atom is -0.397 e. The maximum Gasteiger partial charge on any atom is 0.156 e. The van der Waals surface area contributed by atoms with Crippen molar-refractivity contribution in [2.75, 3.05) is 5.73 Å². The van der Waals surface area contributed by atoms with Gasteiger partial charge in [-0.1, -0.05) is 6.92 Å². The molecule has 1 aromatic carbocycles. The summed E-state index contributed by atoms with van der Waals surface area (Å²) in [7, 11) is 0. The number of nitrogens with zero attached hydrogens (tertiary/aromatic N) is 4. The van der Waals surface area contributed by atoms with E-state index in [1.54, 1.807) is 0 Å². The van der Waals surface area contributed by atoms with Gasteiger partial charge in [-0.25, -0.2) is 4.39 Å². The predicted molar refractivity (Wildman–Crippen MR) is 57.5 cm³/mol. The predicted octanol–water partition coefficient (Wildman–Crippen LogP) is 1.34. The third-order valence-electron chi connectivity index (χ3n) is 2.23. The van der Waals surface area contributed by atoms with Crippen LogP contribution in [0.15, 0.2) is 18.2 Å². The normalized spacial score (nSPS) is 10.6. The van der Waals surface area contributed by atoms with Crippen LogP contribution in [0.5, 0.6) is 0 Å². The van der Waals surface area contributed by atoms with Crippen molar-refractivity contribution < 1.29 is 4.39 Å². The molecule has 1 aromatic heterocycles. The van der Waals surface area contributed by atoms with Crippen LogP contribution in [0.4, 0.5) is 10.1 Å². The molecule has 2 aromatic rings. The molecule has 0 saturated carbocycles. The maximum absolute atomic E-state index is 13.1. The molecule has 0 amide bonds. The van der Waals surface area contributed by atoms with Crippen LogP contribution in [0.1, 0.15) is 19.2 Å². The van der Waals surface area contributed by atoms with Gasteiger partial charge in [0.2, 0.25) is 0 Å². The van der Waals surface area contributed by atoms with Crippen LogP contribution in [0.3, 0.4) is 0 Å². The fourth-order valence-corrected chi connectivity index (χ4v) is 1.47. The first-order valence-corrected chi connectivity index (χ1v) is 5.05. The molecular weight excluding hydrogens is 209 g/mol. The summed E-state index contributed by atoms with van der Waals surface area (Å²) in [6, 6.07) is 4.13. The first kappa shape index (κ1) is 10.5. The molecule has 0 radical (unpaired) electrons. The van der Waals surface area contributed by atoms with E-state index in [4.69, 9.17) is 5.73 Å². The second-order valence-electron chi connectivity index (χ2n) is 3.46. The summed E-state index contributed by atoms with van der Waals surface area (Å²) in [6.45, 7) is 2.02. The smallest absolute Gasteiger partial charge is 0.156 e. The molecule has 0 spiro atoms. The van der Waals surface area contributed by atoms with Crippen molar-refractivity contribution in [1.82, 2.24) is 20.2 Å². The molecule has 2 rings (SSSR count). The highest BCUT2D eigenvalue weighted by Crippen LogP contribution is 2.18. The Balaban J connectivity index is 2.49. The molecule has 0 aliphatic heterocycles. The van der Waals surface area contributed by atoms with Gasteiger partial charge in [-0.05, 0) is 29.0 Å². The highest BCUT2D eigenvalue weighted by molar-refractivity contribution is 5.57. The fraction of sp³-hybridized carbons (Fsp3) is 0.300. The molecule has 6 heteroatoms. The van der Waals surface area contributed by atoms with Gasteiger partial charge in [0.1, 0.15) is 5.82 Å². The van der Waals surface area contributed by atoms with Crippen molar-refractivity contribution in [3.63, 3.8) is 0 Å². The number of aromatic nitrogens is 4. The zero-order valence-corrected chi connectivity index (χ0v) is 8.89. The number of nitrogens with two attached hydrogens (primary N) is 1. The number of hydrogen-bond acceptors (Lipinski definition) is 4. The summed E-state index contributed by atoms with van der Waals surface area (Å²) in [5, 5.41) is 11.3. The van der Waals surface area contributed by atoms with E-state index < -0.39 is 0 Å². The average molecular weight is 221 g/mol. The third-order valence-corrected chi connectivity index (χ3v) is 2.23. The van der Waals surface area contributed by atoms with E-state index >= 15 is 0 Å². The first-order chi connectivity index (χ1) is 7.72. The van der Waals surface area contributed by atoms with Gasteiger partial charge in [0.15, 0.2) is 5.82 Å². The van der Waals surface area contributed by atoms with E-state index in [0.29, 0.717) is 17.2 Å². The van der Waals surface area contributed by atoms with Gasteiger partial charge in [0, 0.05) is 12.5 Å². The molecule has 0 fully saturated rings. The number of anilines is 1. The van der Waals surface area contributed by atoms with Crippen LogP contribution in [-0.4, -0.2) is 20.2 Å². The van der Waals surface area contributed by atoms with Crippen molar-refractivity contribution in [2.45, 2.75) is 19.8 Å². The van der Waals surface area contributed by atoms with Crippen molar-refractivity contribution in [2.24, 2.45) is 0 Å². The van der Waals surface area contributed by atoms with Gasteiger partial charge in [0.05, 0.1) is 11.4 Å². The molecule has 2 N–H and O–H groups in total. The number of benzene rings is 1. The zero-order chi connectivity index (χ0) is 11.5. The molecule has 84 valence electrons. The summed E-state index contributed by atoms with van der Waals surface area (Å²) in [4.78, 5) is 0. The number of nitrogen functional groups attached to an aromatic ring is 1. The standard InChI is InChI=1S/C10H12FN5/c1-2-3-10-13-14-15-16(10)9-6-7(11)4-5-8(9)12/h4-6H,2-3,12H2,1H3. The van der Waals surface area contributed by atoms with E-state index in [9.17, 15) is 4.39 Å². The molecule has 16 heavy (non-hydrogen) atoms. The molecule has 0 bridgehead atoms. The minimum absolute atomic E-state index is 0.359. The first-order valence-electron chi connectivity index (χ1n) is 5.05. The van der Waals surface area contributed by atoms with Crippen LogP contribution in [-0.2, 0) is 6.42 Å². The lowest BCUT2D eigenvalue weighted by Gasteiger charge is -2.06. The summed E-state index contributed by atoms with van der Waals surface area (Å²) >= 11 is 0. The molecule has 5 nitrogen and oxygen atoms in total. The Morgan fingerprint density at radius 3 is 3.00 bits per heavy atom. The van der Waals surface area contributed by atoms with Gasteiger partial charge < -0.3 is 5.73 Å². The molecule has 0 unspecified atom stereocenters. The van der Waals surface area contributed by atoms with Crippen molar-refractivity contribution in [3.8, 4) is 5.69 Å². The lowest BCUT2D eigenvalue weighted by atomic mass is 10.2. The molecule has 0 saturated heterocycles. The number of tetrazole rings is 1. The van der Waals surface area contributed by atoms with E-state index in [1.165, 1.54) is 22.9 Å². The number of aryl methyl sites for hydroxylation is 1. The van der Waals surface area contributed by atoms with Crippen molar-refractivity contribution in [3.05, 3.63) is 29.8 Å². The maximum atomic E-state index is 13.1. The van der Waals surface area contributed by atoms with E-state index in [0.717, 1.165) is 12.8 Å². The lowest BCUT2D eigenvalue weighted by molar-refractivity contribution is 0.624. The monoisotopic (exact) mass is 221 g/mol. The minimum atomic E-state index is -0.359. The molecular formula is C10H12FN5. The highest BCUT2D eigenvalue weighted by Gasteiger charge is 2.10. The van der Waals surface area contributed by atoms with Gasteiger partial charge in [-0.3, -0.25) is 0 Å².